The van der Waals surface area contributed by atoms with Gasteiger partial charge in [0.25, 0.3) is 0 Å². The molecule has 1 fully saturated rings. The van der Waals surface area contributed by atoms with Crippen LogP contribution in [0.5, 0.6) is 11.5 Å². The third kappa shape index (κ3) is 3.83. The summed E-state index contributed by atoms with van der Waals surface area (Å²) >= 11 is 0. The highest BCUT2D eigenvalue weighted by atomic mass is 35.5. The van der Waals surface area contributed by atoms with Gasteiger partial charge in [-0.05, 0) is 12.5 Å². The van der Waals surface area contributed by atoms with Crippen molar-refractivity contribution in [1.29, 1.82) is 0 Å². The smallest absolute Gasteiger partial charge is 0.231 e. The summed E-state index contributed by atoms with van der Waals surface area (Å²) in [5, 5.41) is 3.39. The number of piperazine rings is 1. The zero-order chi connectivity index (χ0) is 13.1. The minimum Gasteiger partial charge on any atom is -0.454 e. The lowest BCUT2D eigenvalue weighted by Crippen LogP contribution is -2.45. The number of hydrogen-bond acceptors (Lipinski definition) is 4. The molecule has 1 aromatic rings. The van der Waals surface area contributed by atoms with E-state index in [0.717, 1.165) is 44.1 Å². The maximum absolute atomic E-state index is 5.65. The average Bonchev–Trinajstić information content (AvgIpc) is 2.94. The van der Waals surface area contributed by atoms with E-state index in [1.807, 2.05) is 18.2 Å². The second-order valence-electron chi connectivity index (χ2n) is 4.91. The summed E-state index contributed by atoms with van der Waals surface area (Å²) < 4.78 is 11.1. The molecule has 21 heavy (non-hydrogen) atoms. The van der Waals surface area contributed by atoms with Crippen molar-refractivity contribution in [3.05, 3.63) is 36.4 Å². The lowest BCUT2D eigenvalue weighted by molar-refractivity contribution is 0.159. The van der Waals surface area contributed by atoms with Crippen LogP contribution < -0.4 is 14.8 Å². The average molecular weight is 333 g/mol. The number of benzene rings is 1. The van der Waals surface area contributed by atoms with Gasteiger partial charge in [-0.15, -0.1) is 31.4 Å². The Labute approximate surface area is 138 Å². The van der Waals surface area contributed by atoms with Crippen molar-refractivity contribution in [2.24, 2.45) is 0 Å². The van der Waals surface area contributed by atoms with Crippen molar-refractivity contribution in [2.75, 3.05) is 33.0 Å². The topological polar surface area (TPSA) is 33.7 Å². The van der Waals surface area contributed by atoms with Crippen LogP contribution in [0.15, 0.2) is 30.9 Å². The minimum atomic E-state index is 0. The molecule has 0 aliphatic carbocycles. The highest BCUT2D eigenvalue weighted by Crippen LogP contribution is 2.41. The van der Waals surface area contributed by atoms with Crippen LogP contribution in [0.3, 0.4) is 0 Å². The zero-order valence-electron chi connectivity index (χ0n) is 11.9. The van der Waals surface area contributed by atoms with Crippen LogP contribution >= 0.6 is 24.8 Å². The Balaban J connectivity index is 0.00000110. The quantitative estimate of drug-likeness (QED) is 0.859. The lowest BCUT2D eigenvalue weighted by atomic mass is 9.99. The van der Waals surface area contributed by atoms with E-state index in [-0.39, 0.29) is 24.8 Å². The number of hydrogen-bond donors (Lipinski definition) is 1. The van der Waals surface area contributed by atoms with Gasteiger partial charge in [0.05, 0.1) is 0 Å². The first-order chi connectivity index (χ1) is 9.40. The van der Waals surface area contributed by atoms with E-state index in [0.29, 0.717) is 12.8 Å². The van der Waals surface area contributed by atoms with Crippen molar-refractivity contribution in [1.82, 2.24) is 10.2 Å². The Morgan fingerprint density at radius 2 is 2.00 bits per heavy atom. The van der Waals surface area contributed by atoms with Crippen molar-refractivity contribution in [2.45, 2.75) is 12.5 Å². The summed E-state index contributed by atoms with van der Waals surface area (Å²) in [4.78, 5) is 2.50. The van der Waals surface area contributed by atoms with E-state index < -0.39 is 0 Å². The monoisotopic (exact) mass is 332 g/mol. The number of nitrogens with zero attached hydrogens (tertiary/aromatic N) is 1. The summed E-state index contributed by atoms with van der Waals surface area (Å²) in [6.45, 7) is 8.43. The van der Waals surface area contributed by atoms with Crippen molar-refractivity contribution < 1.29 is 9.47 Å². The summed E-state index contributed by atoms with van der Waals surface area (Å²) in [6, 6.07) is 6.48. The molecule has 0 saturated carbocycles. The predicted octanol–water partition coefficient (Wildman–Crippen LogP) is 2.78. The summed E-state index contributed by atoms with van der Waals surface area (Å²) in [6.07, 6.45) is 2.92. The van der Waals surface area contributed by atoms with Crippen LogP contribution in [0.4, 0.5) is 0 Å². The van der Waals surface area contributed by atoms with Gasteiger partial charge in [0.15, 0.2) is 11.5 Å². The van der Waals surface area contributed by atoms with Gasteiger partial charge in [0.2, 0.25) is 6.79 Å². The molecule has 4 nitrogen and oxygen atoms in total. The molecule has 0 radical (unpaired) electrons. The molecule has 3 rings (SSSR count). The third-order valence-corrected chi connectivity index (χ3v) is 3.77. The first-order valence-corrected chi connectivity index (χ1v) is 6.84. The Kier molecular flexibility index (Phi) is 7.32. The van der Waals surface area contributed by atoms with Crippen LogP contribution in [0.1, 0.15) is 18.0 Å². The van der Waals surface area contributed by atoms with Gasteiger partial charge in [-0.2, -0.15) is 0 Å². The summed E-state index contributed by atoms with van der Waals surface area (Å²) in [7, 11) is 0. The molecule has 0 spiro atoms. The number of rotatable bonds is 4. The molecule has 2 aliphatic heterocycles. The fraction of sp³-hybridized carbons (Fsp3) is 0.467. The van der Waals surface area contributed by atoms with Gasteiger partial charge in [-0.1, -0.05) is 18.2 Å². The van der Waals surface area contributed by atoms with Gasteiger partial charge in [-0.25, -0.2) is 0 Å². The molecule has 6 heteroatoms. The van der Waals surface area contributed by atoms with Crippen molar-refractivity contribution in [3.63, 3.8) is 0 Å². The van der Waals surface area contributed by atoms with Gasteiger partial charge in [0.1, 0.15) is 0 Å². The normalized spacial score (nSPS) is 18.3. The molecule has 2 aliphatic rings. The molecule has 1 aromatic carbocycles. The highest BCUT2D eigenvalue weighted by Gasteiger charge is 2.27. The number of para-hydroxylation sites is 1. The molecular weight excluding hydrogens is 311 g/mol. The Hall–Kier alpha value is -0.940. The van der Waals surface area contributed by atoms with Crippen LogP contribution in [0.2, 0.25) is 0 Å². The van der Waals surface area contributed by atoms with E-state index in [9.17, 15) is 0 Å². The first kappa shape index (κ1) is 18.1. The molecule has 1 saturated heterocycles. The van der Waals surface area contributed by atoms with E-state index in [2.05, 4.69) is 22.9 Å². The number of ether oxygens (including phenoxy) is 2. The summed E-state index contributed by atoms with van der Waals surface area (Å²) in [5.41, 5.74) is 1.22. The van der Waals surface area contributed by atoms with Crippen molar-refractivity contribution in [3.8, 4) is 11.5 Å². The fourth-order valence-corrected chi connectivity index (χ4v) is 2.84. The predicted molar refractivity (Wildman–Crippen MR) is 89.1 cm³/mol. The second kappa shape index (κ2) is 8.49. The fourth-order valence-electron chi connectivity index (χ4n) is 2.84. The van der Waals surface area contributed by atoms with Crippen molar-refractivity contribution >= 4 is 24.8 Å². The Morgan fingerprint density at radius 3 is 2.71 bits per heavy atom. The molecule has 0 aromatic heterocycles. The third-order valence-electron chi connectivity index (χ3n) is 3.77. The molecule has 0 amide bonds. The summed E-state index contributed by atoms with van der Waals surface area (Å²) in [5.74, 6) is 1.77. The molecule has 118 valence electrons. The molecule has 2 heterocycles. The molecule has 0 bridgehead atoms. The van der Waals surface area contributed by atoms with E-state index in [4.69, 9.17) is 9.47 Å². The van der Waals surface area contributed by atoms with Crippen LogP contribution in [0.25, 0.3) is 0 Å². The number of halogens is 2. The molecular formula is C15H22Cl2N2O2. The van der Waals surface area contributed by atoms with Gasteiger partial charge in [0, 0.05) is 37.8 Å². The Morgan fingerprint density at radius 1 is 1.24 bits per heavy atom. The second-order valence-corrected chi connectivity index (χ2v) is 4.91. The lowest BCUT2D eigenvalue weighted by Gasteiger charge is -2.35. The van der Waals surface area contributed by atoms with Gasteiger partial charge >= 0.3 is 0 Å². The van der Waals surface area contributed by atoms with E-state index in [1.165, 1.54) is 5.56 Å². The Bertz CT molecular complexity index is 465. The zero-order valence-corrected chi connectivity index (χ0v) is 13.5. The van der Waals surface area contributed by atoms with E-state index in [1.54, 1.807) is 0 Å². The maximum Gasteiger partial charge on any atom is 0.231 e. The molecule has 0 unspecified atom stereocenters. The molecule has 1 atom stereocenters. The van der Waals surface area contributed by atoms with Gasteiger partial charge < -0.3 is 14.8 Å². The SMILES string of the molecule is C=CC[C@H](c1cccc2c1OCO2)N1CCNCC1.Cl.Cl. The minimum absolute atomic E-state index is 0. The number of nitrogens with one attached hydrogen (secondary N) is 1. The highest BCUT2D eigenvalue weighted by molar-refractivity contribution is 5.85. The van der Waals surface area contributed by atoms with Gasteiger partial charge in [-0.3, -0.25) is 4.90 Å². The maximum atomic E-state index is 5.65. The standard InChI is InChI=1S/C15H20N2O2.2ClH/c1-2-4-13(17-9-7-16-8-10-17)12-5-3-6-14-15(12)19-11-18-14;;/h2-3,5-6,13,16H,1,4,7-11H2;2*1H/t13-;;/m1../s1. The molecule has 1 N–H and O–H groups in total. The van der Waals surface area contributed by atoms with Crippen LogP contribution in [-0.4, -0.2) is 37.9 Å². The van der Waals surface area contributed by atoms with E-state index >= 15 is 0 Å². The first-order valence-electron chi connectivity index (χ1n) is 6.84. The largest absolute Gasteiger partial charge is 0.454 e. The van der Waals surface area contributed by atoms with Crippen LogP contribution in [0, 0.1) is 0 Å². The van der Waals surface area contributed by atoms with Crippen LogP contribution in [-0.2, 0) is 0 Å². The number of fused-ring (bicyclic) bond motifs is 1.